The lowest BCUT2D eigenvalue weighted by molar-refractivity contribution is 0.00560. The summed E-state index contributed by atoms with van der Waals surface area (Å²) in [5, 5.41) is 2.18. The maximum absolute atomic E-state index is 13.6. The summed E-state index contributed by atoms with van der Waals surface area (Å²) in [5.41, 5.74) is 0.300. The zero-order valence-corrected chi connectivity index (χ0v) is 19.6. The standard InChI is InChI=1S/C20H25FN4O8S/c1-12-9-17(13(2)8-15(12)21)33-20(27)23-19-22-16(11-32-19)18(26)24-34(28,29)25-5-4-14(10-30-3)31-7-6-25/h8-9,11,14H,4-7,10H2,1-3H3,(H,24,26)(H,22,23,27)/t14-/m0/s1. The summed E-state index contributed by atoms with van der Waals surface area (Å²) in [7, 11) is -2.65. The summed E-state index contributed by atoms with van der Waals surface area (Å²) in [6.07, 6.45) is 0.0440. The Kier molecular flexibility index (Phi) is 8.19. The third kappa shape index (κ3) is 6.50. The Morgan fingerprint density at radius 3 is 2.76 bits per heavy atom. The molecule has 1 aliphatic rings. The van der Waals surface area contributed by atoms with Gasteiger partial charge in [-0.25, -0.2) is 19.2 Å². The van der Waals surface area contributed by atoms with Crippen LogP contribution in [-0.4, -0.2) is 69.2 Å². The van der Waals surface area contributed by atoms with Gasteiger partial charge < -0.3 is 18.6 Å². The average molecular weight is 501 g/mol. The van der Waals surface area contributed by atoms with E-state index in [1.54, 1.807) is 6.92 Å². The molecule has 1 fully saturated rings. The molecule has 2 N–H and O–H groups in total. The number of hydrogen-bond donors (Lipinski definition) is 2. The number of anilines is 1. The Hall–Kier alpha value is -3.07. The number of rotatable bonds is 7. The second-order valence-electron chi connectivity index (χ2n) is 7.49. The minimum Gasteiger partial charge on any atom is -0.431 e. The second-order valence-corrected chi connectivity index (χ2v) is 9.16. The number of oxazole rings is 1. The number of nitrogens with zero attached hydrogens (tertiary/aromatic N) is 2. The van der Waals surface area contributed by atoms with Crippen LogP contribution < -0.4 is 14.8 Å². The zero-order valence-electron chi connectivity index (χ0n) is 18.8. The van der Waals surface area contributed by atoms with Gasteiger partial charge in [0.1, 0.15) is 17.8 Å². The molecule has 34 heavy (non-hydrogen) atoms. The Bertz CT molecular complexity index is 1150. The first-order valence-electron chi connectivity index (χ1n) is 10.2. The quantitative estimate of drug-likeness (QED) is 0.580. The number of ether oxygens (including phenoxy) is 3. The molecule has 3 rings (SSSR count). The van der Waals surface area contributed by atoms with Crippen molar-refractivity contribution in [3.63, 3.8) is 0 Å². The van der Waals surface area contributed by atoms with E-state index in [4.69, 9.17) is 18.6 Å². The molecule has 14 heteroatoms. The number of aromatic nitrogens is 1. The van der Waals surface area contributed by atoms with E-state index in [0.29, 0.717) is 18.6 Å². The van der Waals surface area contributed by atoms with Crippen LogP contribution in [0.25, 0.3) is 0 Å². The van der Waals surface area contributed by atoms with Gasteiger partial charge in [0, 0.05) is 20.2 Å². The minimum absolute atomic E-state index is 0.0581. The molecule has 1 aromatic carbocycles. The predicted octanol–water partition coefficient (Wildman–Crippen LogP) is 1.75. The molecule has 0 unspecified atom stereocenters. The molecule has 1 saturated heterocycles. The summed E-state index contributed by atoms with van der Waals surface area (Å²) in [5.74, 6) is -1.36. The van der Waals surface area contributed by atoms with Crippen LogP contribution in [0.4, 0.5) is 15.2 Å². The second kappa shape index (κ2) is 10.9. The molecule has 2 aromatic rings. The molecule has 0 aliphatic carbocycles. The Morgan fingerprint density at radius 2 is 2.03 bits per heavy atom. The van der Waals surface area contributed by atoms with Gasteiger partial charge in [-0.2, -0.15) is 17.7 Å². The molecular weight excluding hydrogens is 475 g/mol. The summed E-state index contributed by atoms with van der Waals surface area (Å²) >= 11 is 0. The highest BCUT2D eigenvalue weighted by Crippen LogP contribution is 2.22. The van der Waals surface area contributed by atoms with Crippen molar-refractivity contribution in [2.75, 3.05) is 38.7 Å². The van der Waals surface area contributed by atoms with Crippen LogP contribution in [0, 0.1) is 19.7 Å². The van der Waals surface area contributed by atoms with Crippen LogP contribution in [0.15, 0.2) is 22.8 Å². The highest BCUT2D eigenvalue weighted by atomic mass is 32.2. The van der Waals surface area contributed by atoms with Crippen LogP contribution in [0.2, 0.25) is 0 Å². The molecule has 0 radical (unpaired) electrons. The van der Waals surface area contributed by atoms with Crippen LogP contribution in [0.1, 0.15) is 28.0 Å². The van der Waals surface area contributed by atoms with Crippen molar-refractivity contribution in [2.24, 2.45) is 0 Å². The highest BCUT2D eigenvalue weighted by Gasteiger charge is 2.29. The predicted molar refractivity (Wildman–Crippen MR) is 116 cm³/mol. The first-order valence-corrected chi connectivity index (χ1v) is 11.7. The van der Waals surface area contributed by atoms with Gasteiger partial charge in [0.05, 0.1) is 19.3 Å². The summed E-state index contributed by atoms with van der Waals surface area (Å²) in [6.45, 7) is 3.75. The molecular formula is C20H25FN4O8S. The van der Waals surface area contributed by atoms with Gasteiger partial charge in [0.15, 0.2) is 5.69 Å². The van der Waals surface area contributed by atoms with E-state index in [0.717, 1.165) is 10.6 Å². The Morgan fingerprint density at radius 1 is 1.26 bits per heavy atom. The molecule has 0 spiro atoms. The normalized spacial score (nSPS) is 17.1. The fourth-order valence-corrected chi connectivity index (χ4v) is 4.24. The van der Waals surface area contributed by atoms with Gasteiger partial charge in [0.2, 0.25) is 0 Å². The van der Waals surface area contributed by atoms with E-state index in [1.807, 2.05) is 4.72 Å². The van der Waals surface area contributed by atoms with Gasteiger partial charge in [-0.1, -0.05) is 0 Å². The van der Waals surface area contributed by atoms with Crippen molar-refractivity contribution in [3.8, 4) is 5.75 Å². The van der Waals surface area contributed by atoms with Crippen LogP contribution in [0.3, 0.4) is 0 Å². The van der Waals surface area contributed by atoms with Crippen LogP contribution in [-0.2, 0) is 19.7 Å². The SMILES string of the molecule is COC[C@@H]1CCN(S(=O)(=O)NC(=O)c2coc(NC(=O)Oc3cc(C)c(F)cc3C)n2)CCO1. The minimum atomic E-state index is -4.17. The molecule has 1 aliphatic heterocycles. The molecule has 1 atom stereocenters. The Labute approximate surface area is 195 Å². The largest absolute Gasteiger partial charge is 0.431 e. The van der Waals surface area contributed by atoms with Crippen molar-refractivity contribution < 1.29 is 41.0 Å². The Balaban J connectivity index is 1.58. The third-order valence-corrected chi connectivity index (χ3v) is 6.40. The molecule has 0 saturated carbocycles. The average Bonchev–Trinajstić information content (AvgIpc) is 3.08. The first-order chi connectivity index (χ1) is 16.1. The van der Waals surface area contributed by atoms with Crippen molar-refractivity contribution in [1.82, 2.24) is 14.0 Å². The van der Waals surface area contributed by atoms with E-state index in [9.17, 15) is 22.4 Å². The molecule has 12 nitrogen and oxygen atoms in total. The van der Waals surface area contributed by atoms with E-state index < -0.39 is 34.0 Å². The van der Waals surface area contributed by atoms with E-state index in [-0.39, 0.29) is 42.8 Å². The fourth-order valence-electron chi connectivity index (χ4n) is 3.11. The van der Waals surface area contributed by atoms with Crippen molar-refractivity contribution in [1.29, 1.82) is 0 Å². The number of hydrogen-bond acceptors (Lipinski definition) is 9. The van der Waals surface area contributed by atoms with E-state index in [2.05, 4.69) is 10.3 Å². The van der Waals surface area contributed by atoms with Crippen LogP contribution in [0.5, 0.6) is 5.75 Å². The smallest absolute Gasteiger partial charge is 0.420 e. The van der Waals surface area contributed by atoms with Gasteiger partial charge in [-0.3, -0.25) is 4.79 Å². The zero-order chi connectivity index (χ0) is 24.9. The molecule has 2 amide bonds. The summed E-state index contributed by atoms with van der Waals surface area (Å²) in [6, 6.07) is 2.18. The van der Waals surface area contributed by atoms with Crippen molar-refractivity contribution >= 4 is 28.2 Å². The summed E-state index contributed by atoms with van der Waals surface area (Å²) < 4.78 is 62.4. The third-order valence-electron chi connectivity index (χ3n) is 4.91. The number of benzene rings is 1. The maximum atomic E-state index is 13.6. The topological polar surface area (TPSA) is 149 Å². The fraction of sp³-hybridized carbons (Fsp3) is 0.450. The lowest BCUT2D eigenvalue weighted by Gasteiger charge is -2.19. The van der Waals surface area contributed by atoms with Crippen molar-refractivity contribution in [2.45, 2.75) is 26.4 Å². The number of carbonyl (C=O) groups excluding carboxylic acids is 2. The molecule has 0 bridgehead atoms. The molecule has 1 aromatic heterocycles. The van der Waals surface area contributed by atoms with Gasteiger partial charge >= 0.3 is 22.3 Å². The molecule has 2 heterocycles. The number of halogens is 1. The van der Waals surface area contributed by atoms with Gasteiger partial charge in [-0.15, -0.1) is 0 Å². The van der Waals surface area contributed by atoms with Gasteiger partial charge in [-0.05, 0) is 43.5 Å². The number of methoxy groups -OCH3 is 1. The number of amides is 2. The number of nitrogens with one attached hydrogen (secondary N) is 2. The maximum Gasteiger partial charge on any atom is 0.420 e. The molecule has 186 valence electrons. The van der Waals surface area contributed by atoms with Crippen molar-refractivity contribution in [3.05, 3.63) is 41.0 Å². The van der Waals surface area contributed by atoms with Gasteiger partial charge in [0.25, 0.3) is 5.91 Å². The highest BCUT2D eigenvalue weighted by molar-refractivity contribution is 7.87. The van der Waals surface area contributed by atoms with E-state index in [1.165, 1.54) is 26.2 Å². The lowest BCUT2D eigenvalue weighted by Crippen LogP contribution is -2.44. The monoisotopic (exact) mass is 500 g/mol. The number of carbonyl (C=O) groups is 2. The number of aryl methyl sites for hydroxylation is 2. The summed E-state index contributed by atoms with van der Waals surface area (Å²) in [4.78, 5) is 28.2. The van der Waals surface area contributed by atoms with Crippen LogP contribution >= 0.6 is 0 Å². The first kappa shape index (κ1) is 25.6. The van der Waals surface area contributed by atoms with E-state index >= 15 is 0 Å². The lowest BCUT2D eigenvalue weighted by atomic mass is 10.1.